The topological polar surface area (TPSA) is 127 Å². The van der Waals surface area contributed by atoms with Crippen molar-refractivity contribution < 1.29 is 47.6 Å². The van der Waals surface area contributed by atoms with E-state index in [-0.39, 0.29) is 39.4 Å². The Morgan fingerprint density at radius 3 is 1.98 bits per heavy atom. The lowest BCUT2D eigenvalue weighted by Gasteiger charge is -2.34. The maximum Gasteiger partial charge on any atom is 0.514 e. The summed E-state index contributed by atoms with van der Waals surface area (Å²) in [6.07, 6.45) is -1.73. The SMILES string of the molecule is COC(=O)c1c2c(c3ccc(OC(=O)OC(C)(C)C)cc3c1C(=O)OC)N(C(=O)OC(C)(C)C)c1ccccc1O2. The van der Waals surface area contributed by atoms with Crippen LogP contribution in [-0.4, -0.2) is 49.6 Å². The Bertz CT molecular complexity index is 1560. The molecule has 0 radical (unpaired) electrons. The van der Waals surface area contributed by atoms with Crippen molar-refractivity contribution in [1.82, 2.24) is 0 Å². The molecular formula is C30H31NO10. The second kappa shape index (κ2) is 10.6. The van der Waals surface area contributed by atoms with E-state index in [1.165, 1.54) is 23.1 Å². The van der Waals surface area contributed by atoms with E-state index in [0.717, 1.165) is 14.2 Å². The molecule has 1 heterocycles. The number of carbonyl (C=O) groups excluding carboxylic acids is 4. The molecule has 0 bridgehead atoms. The summed E-state index contributed by atoms with van der Waals surface area (Å²) < 4.78 is 32.6. The van der Waals surface area contributed by atoms with Gasteiger partial charge in [-0.3, -0.25) is 0 Å². The van der Waals surface area contributed by atoms with E-state index in [2.05, 4.69) is 0 Å². The number of hydrogen-bond donors (Lipinski definition) is 0. The highest BCUT2D eigenvalue weighted by molar-refractivity contribution is 6.22. The van der Waals surface area contributed by atoms with Crippen molar-refractivity contribution in [2.45, 2.75) is 52.7 Å². The molecule has 1 aliphatic heterocycles. The van der Waals surface area contributed by atoms with Gasteiger partial charge in [-0.2, -0.15) is 0 Å². The molecular weight excluding hydrogens is 534 g/mol. The molecule has 4 rings (SSSR count). The second-order valence-corrected chi connectivity index (χ2v) is 11.1. The van der Waals surface area contributed by atoms with Crippen LogP contribution in [-0.2, 0) is 18.9 Å². The zero-order valence-electron chi connectivity index (χ0n) is 24.1. The first-order valence-electron chi connectivity index (χ1n) is 12.7. The summed E-state index contributed by atoms with van der Waals surface area (Å²) >= 11 is 0. The molecule has 216 valence electrons. The number of rotatable bonds is 3. The first kappa shape index (κ1) is 29.2. The van der Waals surface area contributed by atoms with Gasteiger partial charge >= 0.3 is 24.2 Å². The Hall–Kier alpha value is -4.80. The molecule has 1 aliphatic rings. The van der Waals surface area contributed by atoms with E-state index >= 15 is 0 Å². The summed E-state index contributed by atoms with van der Waals surface area (Å²) in [5.74, 6) is -1.69. The molecule has 0 N–H and O–H groups in total. The van der Waals surface area contributed by atoms with Crippen LogP contribution in [0, 0.1) is 0 Å². The van der Waals surface area contributed by atoms with Gasteiger partial charge in [-0.15, -0.1) is 0 Å². The molecule has 0 spiro atoms. The van der Waals surface area contributed by atoms with Crippen molar-refractivity contribution in [2.24, 2.45) is 0 Å². The van der Waals surface area contributed by atoms with Crippen LogP contribution < -0.4 is 14.4 Å². The normalized spacial score (nSPS) is 12.4. The average Bonchev–Trinajstić information content (AvgIpc) is 2.87. The van der Waals surface area contributed by atoms with Gasteiger partial charge in [0.25, 0.3) is 0 Å². The van der Waals surface area contributed by atoms with Gasteiger partial charge in [-0.1, -0.05) is 12.1 Å². The van der Waals surface area contributed by atoms with Crippen LogP contribution in [0.2, 0.25) is 0 Å². The quantitative estimate of drug-likeness (QED) is 0.188. The number of carbonyl (C=O) groups is 4. The third kappa shape index (κ3) is 5.88. The summed E-state index contributed by atoms with van der Waals surface area (Å²) in [5, 5.41) is 0.415. The predicted molar refractivity (Wildman–Crippen MR) is 148 cm³/mol. The number of benzene rings is 3. The Kier molecular flexibility index (Phi) is 7.58. The van der Waals surface area contributed by atoms with Crippen LogP contribution in [0.15, 0.2) is 42.5 Å². The van der Waals surface area contributed by atoms with Crippen LogP contribution in [0.5, 0.6) is 17.2 Å². The van der Waals surface area contributed by atoms with Crippen LogP contribution in [0.1, 0.15) is 62.3 Å². The summed E-state index contributed by atoms with van der Waals surface area (Å²) in [7, 11) is 2.29. The van der Waals surface area contributed by atoms with Crippen LogP contribution in [0.4, 0.5) is 21.0 Å². The molecule has 0 fully saturated rings. The lowest BCUT2D eigenvalue weighted by Crippen LogP contribution is -2.36. The predicted octanol–water partition coefficient (Wildman–Crippen LogP) is 6.91. The van der Waals surface area contributed by atoms with Gasteiger partial charge in [-0.25, -0.2) is 24.1 Å². The first-order chi connectivity index (χ1) is 19.1. The monoisotopic (exact) mass is 565 g/mol. The largest absolute Gasteiger partial charge is 0.514 e. The van der Waals surface area contributed by atoms with Crippen LogP contribution in [0.3, 0.4) is 0 Å². The minimum atomic E-state index is -0.977. The molecule has 0 aromatic heterocycles. The number of fused-ring (bicyclic) bond motifs is 4. The molecule has 3 aromatic rings. The molecule has 0 unspecified atom stereocenters. The fourth-order valence-corrected chi connectivity index (χ4v) is 4.24. The molecule has 11 heteroatoms. The van der Waals surface area contributed by atoms with Crippen molar-refractivity contribution in [1.29, 1.82) is 0 Å². The number of para-hydroxylation sites is 2. The van der Waals surface area contributed by atoms with Crippen molar-refractivity contribution >= 4 is 46.3 Å². The zero-order chi connectivity index (χ0) is 30.3. The summed E-state index contributed by atoms with van der Waals surface area (Å²) in [6, 6.07) is 11.0. The molecule has 0 saturated heterocycles. The number of anilines is 2. The maximum absolute atomic E-state index is 13.7. The lowest BCUT2D eigenvalue weighted by molar-refractivity contribution is 0.0206. The maximum atomic E-state index is 13.7. The van der Waals surface area contributed by atoms with Crippen LogP contribution in [0.25, 0.3) is 10.8 Å². The number of amides is 1. The Balaban J connectivity index is 2.08. The molecule has 0 atom stereocenters. The molecule has 0 aliphatic carbocycles. The summed E-state index contributed by atoms with van der Waals surface area (Å²) in [5.41, 5.74) is -1.74. The third-order valence-electron chi connectivity index (χ3n) is 5.70. The summed E-state index contributed by atoms with van der Waals surface area (Å²) in [6.45, 7) is 10.2. The van der Waals surface area contributed by atoms with Crippen molar-refractivity contribution in [2.75, 3.05) is 19.1 Å². The fourth-order valence-electron chi connectivity index (χ4n) is 4.24. The highest BCUT2D eigenvalue weighted by Crippen LogP contribution is 2.53. The van der Waals surface area contributed by atoms with Gasteiger partial charge in [0.05, 0.1) is 25.5 Å². The molecule has 0 saturated carbocycles. The Morgan fingerprint density at radius 1 is 0.756 bits per heavy atom. The third-order valence-corrected chi connectivity index (χ3v) is 5.70. The number of methoxy groups -OCH3 is 2. The number of esters is 2. The minimum absolute atomic E-state index is 0.00798. The van der Waals surface area contributed by atoms with E-state index < -0.39 is 35.4 Å². The molecule has 3 aromatic carbocycles. The number of ether oxygens (including phenoxy) is 6. The van der Waals surface area contributed by atoms with Gasteiger partial charge in [-0.05, 0) is 71.9 Å². The Labute approximate surface area is 236 Å². The lowest BCUT2D eigenvalue weighted by atomic mass is 9.94. The molecule has 11 nitrogen and oxygen atoms in total. The van der Waals surface area contributed by atoms with E-state index in [4.69, 9.17) is 28.4 Å². The standard InChI is InChI=1S/C30H31NO10/c1-29(2,3)40-27(34)31-19-11-9-10-12-20(19)39-24-22(26(33)37-8)21(25(32)36-7)18-15-16(13-14-17(18)23(24)31)38-28(35)41-30(4,5)6/h9-15H,1-8H3. The first-order valence-corrected chi connectivity index (χ1v) is 12.7. The van der Waals surface area contributed by atoms with Gasteiger partial charge in [0.2, 0.25) is 0 Å². The minimum Gasteiger partial charge on any atom is -0.465 e. The number of nitrogens with zero attached hydrogens (tertiary/aromatic N) is 1. The van der Waals surface area contributed by atoms with E-state index in [9.17, 15) is 19.2 Å². The highest BCUT2D eigenvalue weighted by atomic mass is 16.7. The molecule has 1 amide bonds. The zero-order valence-corrected chi connectivity index (χ0v) is 24.1. The van der Waals surface area contributed by atoms with E-state index in [1.54, 1.807) is 65.8 Å². The van der Waals surface area contributed by atoms with Crippen molar-refractivity contribution in [3.8, 4) is 17.2 Å². The van der Waals surface area contributed by atoms with Gasteiger partial charge in [0, 0.05) is 10.8 Å². The van der Waals surface area contributed by atoms with E-state index in [1.807, 2.05) is 0 Å². The number of hydrogen-bond acceptors (Lipinski definition) is 10. The summed E-state index contributed by atoms with van der Waals surface area (Å²) in [4.78, 5) is 53.8. The van der Waals surface area contributed by atoms with Crippen molar-refractivity contribution in [3.63, 3.8) is 0 Å². The van der Waals surface area contributed by atoms with Crippen molar-refractivity contribution in [3.05, 3.63) is 53.6 Å². The smallest absolute Gasteiger partial charge is 0.465 e. The highest BCUT2D eigenvalue weighted by Gasteiger charge is 2.40. The van der Waals surface area contributed by atoms with Gasteiger partial charge < -0.3 is 28.4 Å². The average molecular weight is 566 g/mol. The van der Waals surface area contributed by atoms with Gasteiger partial charge in [0.1, 0.15) is 28.2 Å². The fraction of sp³-hybridized carbons (Fsp3) is 0.333. The molecule has 41 heavy (non-hydrogen) atoms. The Morgan fingerprint density at radius 2 is 1.37 bits per heavy atom. The van der Waals surface area contributed by atoms with E-state index in [0.29, 0.717) is 11.1 Å². The second-order valence-electron chi connectivity index (χ2n) is 11.1. The van der Waals surface area contributed by atoms with Gasteiger partial charge in [0.15, 0.2) is 11.5 Å². The van der Waals surface area contributed by atoms with Crippen LogP contribution >= 0.6 is 0 Å².